The number of hydroxylamine groups is 1. The lowest BCUT2D eigenvalue weighted by atomic mass is 9.84. The zero-order chi connectivity index (χ0) is 26.4. The van der Waals surface area contributed by atoms with Crippen molar-refractivity contribution in [2.45, 2.75) is 39.8 Å². The lowest BCUT2D eigenvalue weighted by molar-refractivity contribution is -0.139. The van der Waals surface area contributed by atoms with Gasteiger partial charge in [0.2, 0.25) is 0 Å². The van der Waals surface area contributed by atoms with Gasteiger partial charge < -0.3 is 20.4 Å². The van der Waals surface area contributed by atoms with E-state index in [9.17, 15) is 4.79 Å². The molecule has 2 aromatic carbocycles. The number of aromatic amines is 1. The Morgan fingerprint density at radius 1 is 1.08 bits per heavy atom. The molecule has 2 aromatic heterocycles. The number of nitrogens with one attached hydrogen (secondary N) is 4. The SMILES string of the molecule is CC(NCCOc1ccc(-c2cc3c(N[C@H](C)c4ccccc4)ncnc3[nH]2)cc1)C(C)(C)C(=O)NO. The van der Waals surface area contributed by atoms with Crippen molar-refractivity contribution in [2.75, 3.05) is 18.5 Å². The maximum Gasteiger partial charge on any atom is 0.250 e. The van der Waals surface area contributed by atoms with Gasteiger partial charge in [0.15, 0.2) is 0 Å². The monoisotopic (exact) mass is 502 g/mol. The van der Waals surface area contributed by atoms with Crippen molar-refractivity contribution in [2.24, 2.45) is 5.41 Å². The fraction of sp³-hybridized carbons (Fsp3) is 0.321. The molecular weight excluding hydrogens is 468 g/mol. The summed E-state index contributed by atoms with van der Waals surface area (Å²) >= 11 is 0. The minimum absolute atomic E-state index is 0.101. The quantitative estimate of drug-likeness (QED) is 0.115. The largest absolute Gasteiger partial charge is 0.492 e. The third kappa shape index (κ3) is 6.07. The molecule has 9 nitrogen and oxygen atoms in total. The van der Waals surface area contributed by atoms with E-state index >= 15 is 0 Å². The Bertz CT molecular complexity index is 1320. The summed E-state index contributed by atoms with van der Waals surface area (Å²) < 4.78 is 5.86. The number of hydrogen-bond acceptors (Lipinski definition) is 7. The zero-order valence-electron chi connectivity index (χ0n) is 21.6. The Hall–Kier alpha value is -3.95. The number of amides is 1. The molecule has 194 valence electrons. The summed E-state index contributed by atoms with van der Waals surface area (Å²) in [5.41, 5.74) is 4.88. The molecule has 9 heteroatoms. The van der Waals surface area contributed by atoms with Crippen molar-refractivity contribution in [1.29, 1.82) is 0 Å². The molecule has 0 spiro atoms. The van der Waals surface area contributed by atoms with Crippen LogP contribution in [-0.2, 0) is 4.79 Å². The van der Waals surface area contributed by atoms with Gasteiger partial charge in [0.1, 0.15) is 30.1 Å². The summed E-state index contributed by atoms with van der Waals surface area (Å²) in [5.74, 6) is 1.10. The zero-order valence-corrected chi connectivity index (χ0v) is 21.6. The second-order valence-electron chi connectivity index (χ2n) is 9.66. The number of H-pyrrole nitrogens is 1. The highest BCUT2D eigenvalue weighted by atomic mass is 16.5. The third-order valence-corrected chi connectivity index (χ3v) is 6.83. The maximum absolute atomic E-state index is 11.8. The number of anilines is 1. The second-order valence-corrected chi connectivity index (χ2v) is 9.66. The minimum atomic E-state index is -0.755. The average molecular weight is 503 g/mol. The molecule has 1 unspecified atom stereocenters. The molecule has 37 heavy (non-hydrogen) atoms. The van der Waals surface area contributed by atoms with Crippen molar-refractivity contribution in [3.05, 3.63) is 72.6 Å². The Morgan fingerprint density at radius 2 is 1.81 bits per heavy atom. The molecule has 0 aliphatic heterocycles. The number of fused-ring (bicyclic) bond motifs is 1. The fourth-order valence-electron chi connectivity index (χ4n) is 4.01. The van der Waals surface area contributed by atoms with Gasteiger partial charge in [0.25, 0.3) is 5.91 Å². The molecule has 0 aliphatic rings. The van der Waals surface area contributed by atoms with Crippen molar-refractivity contribution < 1.29 is 14.7 Å². The molecule has 0 fully saturated rings. The molecule has 5 N–H and O–H groups in total. The van der Waals surface area contributed by atoms with Crippen LogP contribution < -0.4 is 20.9 Å². The molecular formula is C28H34N6O3. The summed E-state index contributed by atoms with van der Waals surface area (Å²) in [6, 6.07) is 20.1. The number of benzene rings is 2. The number of nitrogens with zero attached hydrogens (tertiary/aromatic N) is 2. The van der Waals surface area contributed by atoms with Crippen LogP contribution in [0, 0.1) is 5.41 Å². The predicted octanol–water partition coefficient (Wildman–Crippen LogP) is 4.69. The molecule has 4 aromatic rings. The van der Waals surface area contributed by atoms with Crippen LogP contribution in [0.5, 0.6) is 5.75 Å². The number of carbonyl (C=O) groups excluding carboxylic acids is 1. The number of ether oxygens (including phenoxy) is 1. The molecule has 0 bridgehead atoms. The van der Waals surface area contributed by atoms with E-state index in [0.717, 1.165) is 33.9 Å². The fourth-order valence-corrected chi connectivity index (χ4v) is 4.01. The highest BCUT2D eigenvalue weighted by molar-refractivity contribution is 5.91. The lowest BCUT2D eigenvalue weighted by Gasteiger charge is -2.30. The lowest BCUT2D eigenvalue weighted by Crippen LogP contribution is -2.49. The van der Waals surface area contributed by atoms with Crippen molar-refractivity contribution in [3.63, 3.8) is 0 Å². The number of hydrogen-bond donors (Lipinski definition) is 5. The average Bonchev–Trinajstić information content (AvgIpc) is 3.36. The van der Waals surface area contributed by atoms with E-state index in [-0.39, 0.29) is 12.1 Å². The topological polar surface area (TPSA) is 124 Å². The van der Waals surface area contributed by atoms with Crippen LogP contribution in [-0.4, -0.2) is 45.3 Å². The summed E-state index contributed by atoms with van der Waals surface area (Å²) in [5, 5.41) is 16.6. The van der Waals surface area contributed by atoms with E-state index < -0.39 is 11.3 Å². The molecule has 2 atom stereocenters. The van der Waals surface area contributed by atoms with Gasteiger partial charge >= 0.3 is 0 Å². The smallest absolute Gasteiger partial charge is 0.250 e. The van der Waals surface area contributed by atoms with Crippen molar-refractivity contribution in [1.82, 2.24) is 25.7 Å². The van der Waals surface area contributed by atoms with Crippen LogP contribution in [0.1, 0.15) is 39.3 Å². The van der Waals surface area contributed by atoms with Crippen LogP contribution in [0.25, 0.3) is 22.3 Å². The van der Waals surface area contributed by atoms with Gasteiger partial charge in [0, 0.05) is 24.3 Å². The first-order valence-corrected chi connectivity index (χ1v) is 12.4. The van der Waals surface area contributed by atoms with Gasteiger partial charge in [0.05, 0.1) is 10.8 Å². The molecule has 0 saturated carbocycles. The highest BCUT2D eigenvalue weighted by Gasteiger charge is 2.33. The molecule has 0 aliphatic carbocycles. The van der Waals surface area contributed by atoms with E-state index in [4.69, 9.17) is 9.94 Å². The van der Waals surface area contributed by atoms with E-state index in [0.29, 0.717) is 13.2 Å². The van der Waals surface area contributed by atoms with Crippen LogP contribution in [0.15, 0.2) is 67.0 Å². The third-order valence-electron chi connectivity index (χ3n) is 6.83. The summed E-state index contributed by atoms with van der Waals surface area (Å²) in [7, 11) is 0. The van der Waals surface area contributed by atoms with Gasteiger partial charge in [-0.3, -0.25) is 10.0 Å². The first-order valence-electron chi connectivity index (χ1n) is 12.4. The summed E-state index contributed by atoms with van der Waals surface area (Å²) in [6.07, 6.45) is 1.56. The Labute approximate surface area is 216 Å². The van der Waals surface area contributed by atoms with Gasteiger partial charge in [-0.05, 0) is 69.2 Å². The summed E-state index contributed by atoms with van der Waals surface area (Å²) in [6.45, 7) is 8.55. The van der Waals surface area contributed by atoms with Crippen LogP contribution in [0.2, 0.25) is 0 Å². The Kier molecular flexibility index (Phi) is 8.05. The van der Waals surface area contributed by atoms with Gasteiger partial charge in [-0.25, -0.2) is 15.4 Å². The first-order chi connectivity index (χ1) is 17.8. The van der Waals surface area contributed by atoms with Crippen LogP contribution >= 0.6 is 0 Å². The minimum Gasteiger partial charge on any atom is -0.492 e. The van der Waals surface area contributed by atoms with E-state index in [1.165, 1.54) is 5.56 Å². The molecule has 2 heterocycles. The molecule has 4 rings (SSSR count). The highest BCUT2D eigenvalue weighted by Crippen LogP contribution is 2.29. The first kappa shape index (κ1) is 26.1. The number of carbonyl (C=O) groups is 1. The van der Waals surface area contributed by atoms with Crippen LogP contribution in [0.3, 0.4) is 0 Å². The standard InChI is InChI=1S/C28H34N6O3/c1-18(20-8-6-5-7-9-20)32-25-23-16-24(33-26(23)31-17-30-25)21-10-12-22(13-11-21)37-15-14-29-19(2)28(3,4)27(35)34-36/h5-13,16-19,29,36H,14-15H2,1-4H3,(H,34,35)(H2,30,31,32,33)/t18-,19?/m1/s1. The van der Waals surface area contributed by atoms with E-state index in [1.807, 2.05) is 49.4 Å². The van der Waals surface area contributed by atoms with Crippen LogP contribution in [0.4, 0.5) is 5.82 Å². The number of aromatic nitrogens is 3. The van der Waals surface area contributed by atoms with Crippen molar-refractivity contribution in [3.8, 4) is 17.0 Å². The second kappa shape index (κ2) is 11.4. The van der Waals surface area contributed by atoms with Gasteiger partial charge in [-0.15, -0.1) is 0 Å². The van der Waals surface area contributed by atoms with Gasteiger partial charge in [-0.1, -0.05) is 30.3 Å². The molecule has 1 amide bonds. The molecule has 0 saturated heterocycles. The van der Waals surface area contributed by atoms with Gasteiger partial charge in [-0.2, -0.15) is 0 Å². The van der Waals surface area contributed by atoms with E-state index in [2.05, 4.69) is 50.7 Å². The Morgan fingerprint density at radius 3 is 2.51 bits per heavy atom. The van der Waals surface area contributed by atoms with Crippen molar-refractivity contribution >= 4 is 22.8 Å². The number of rotatable bonds is 11. The predicted molar refractivity (Wildman–Crippen MR) is 144 cm³/mol. The maximum atomic E-state index is 11.8. The molecule has 0 radical (unpaired) electrons. The Balaban J connectivity index is 1.37. The normalized spacial score (nSPS) is 13.2. The van der Waals surface area contributed by atoms with E-state index in [1.54, 1.807) is 25.7 Å². The summed E-state index contributed by atoms with van der Waals surface area (Å²) in [4.78, 5) is 24.1.